The van der Waals surface area contributed by atoms with Crippen LogP contribution in [0.4, 0.5) is 0 Å². The highest BCUT2D eigenvalue weighted by atomic mass is 15.0. The van der Waals surface area contributed by atoms with Gasteiger partial charge in [0.2, 0.25) is 0 Å². The van der Waals surface area contributed by atoms with Crippen LogP contribution in [0.1, 0.15) is 186 Å². The van der Waals surface area contributed by atoms with E-state index in [4.69, 9.17) is 0 Å². The number of hydrogen-bond donors (Lipinski definition) is 0. The summed E-state index contributed by atoms with van der Waals surface area (Å²) >= 11 is 0. The fourth-order valence-corrected chi connectivity index (χ4v) is 11.4. The number of para-hydroxylation sites is 3. The lowest BCUT2D eigenvalue weighted by molar-refractivity contribution is 0.660. The first kappa shape index (κ1) is 77.6. The molecule has 3 aliphatic carbocycles. The molecule has 3 aliphatic rings. The van der Waals surface area contributed by atoms with Gasteiger partial charge in [-0.1, -0.05) is 401 Å². The molecule has 0 aliphatic heterocycles. The van der Waals surface area contributed by atoms with Crippen LogP contribution in [0.5, 0.6) is 0 Å². The fraction of sp³-hybridized carbons (Fsp3) is 0.281. The Bertz CT molecular complexity index is 3660. The maximum Gasteiger partial charge on any atom is 0.0541 e. The predicted molar refractivity (Wildman–Crippen MR) is 410 cm³/mol. The molecule has 1 aromatic heterocycles. The monoisotopic (exact) mass is 1200 g/mol. The van der Waals surface area contributed by atoms with E-state index in [1.807, 2.05) is 161 Å². The van der Waals surface area contributed by atoms with Crippen LogP contribution in [-0.4, -0.2) is 4.57 Å². The molecule has 0 bridgehead atoms. The molecule has 1 heteroatoms. The van der Waals surface area contributed by atoms with Crippen LogP contribution in [0, 0.1) is 0 Å². The SMILES string of the molecule is CC.CC.CC.CC.CC.CC.CC.CC.CC.CC1(C)c2ccccc2-c2c1ccc1ccccc21.CC1(C)c2ccccc2-c2ccccc21.c1ccc(-n2c3ccccc3c3ccccc32)cc1.c1ccc2c(c1)Cc1ccccc1-2.c1ccccc1. The quantitative estimate of drug-likeness (QED) is 0.154. The molecule has 0 atom stereocenters. The van der Waals surface area contributed by atoms with Gasteiger partial charge in [0, 0.05) is 27.3 Å². The molecule has 0 spiro atoms. The summed E-state index contributed by atoms with van der Waals surface area (Å²) in [6, 6.07) is 96.5. The molecule has 11 aromatic carbocycles. The Hall–Kier alpha value is -8.52. The number of fused-ring (bicyclic) bond motifs is 14. The summed E-state index contributed by atoms with van der Waals surface area (Å²) in [5, 5.41) is 5.32. The minimum atomic E-state index is 0.107. The van der Waals surface area contributed by atoms with Crippen molar-refractivity contribution in [2.45, 2.75) is 170 Å². The summed E-state index contributed by atoms with van der Waals surface area (Å²) in [7, 11) is 0. The van der Waals surface area contributed by atoms with E-state index in [2.05, 4.69) is 269 Å². The zero-order chi connectivity index (χ0) is 67.1. The van der Waals surface area contributed by atoms with Gasteiger partial charge in [-0.25, -0.2) is 0 Å². The van der Waals surface area contributed by atoms with Crippen LogP contribution in [-0.2, 0) is 17.3 Å². The Labute approximate surface area is 549 Å². The van der Waals surface area contributed by atoms with Gasteiger partial charge in [-0.2, -0.15) is 0 Å². The van der Waals surface area contributed by atoms with Gasteiger partial charge in [0.15, 0.2) is 0 Å². The third-order valence-electron chi connectivity index (χ3n) is 14.9. The lowest BCUT2D eigenvalue weighted by Crippen LogP contribution is -2.14. The van der Waals surface area contributed by atoms with Crippen molar-refractivity contribution in [2.75, 3.05) is 0 Å². The number of hydrogen-bond acceptors (Lipinski definition) is 0. The van der Waals surface area contributed by atoms with Gasteiger partial charge in [-0.15, -0.1) is 0 Å². The molecule has 15 rings (SSSR count). The Morgan fingerprint density at radius 3 is 0.944 bits per heavy atom. The van der Waals surface area contributed by atoms with E-state index in [9.17, 15) is 0 Å². The standard InChI is InChI=1S/C19H16.C18H13N.C15H14.C13H10.C6H6.9C2H6/c1-19(2)16-10-6-5-9-15(16)18-14-8-4-3-7-13(14)11-12-17(18)19;1-2-8-14(9-3-1)19-17-12-6-4-10-15(17)16-11-5-7-13-18(16)19;1-15(2)13-9-5-3-7-11(13)12-8-4-6-10-14(12)15;1-3-7-12-10(5-1)9-11-6-2-4-8-13(11)12;1-2-4-6-5-3-1;9*1-2/h3-12H,1-2H3;1-13H;3-10H,1-2H3;1-8H,9H2;1-6H;9*1-2H3. The molecule has 0 unspecified atom stereocenters. The van der Waals surface area contributed by atoms with Gasteiger partial charge in [0.1, 0.15) is 0 Å². The van der Waals surface area contributed by atoms with Crippen molar-refractivity contribution in [3.05, 3.63) is 306 Å². The Morgan fingerprint density at radius 2 is 0.522 bits per heavy atom. The predicted octanol–water partition coefficient (Wildman–Crippen LogP) is 28.1. The molecule has 1 nitrogen and oxygen atoms in total. The van der Waals surface area contributed by atoms with Gasteiger partial charge in [0.25, 0.3) is 0 Å². The van der Waals surface area contributed by atoms with Crippen LogP contribution in [0.3, 0.4) is 0 Å². The maximum atomic E-state index is 2.33. The summed E-state index contributed by atoms with van der Waals surface area (Å²) in [6.07, 6.45) is 1.10. The highest BCUT2D eigenvalue weighted by Gasteiger charge is 2.36. The zero-order valence-corrected chi connectivity index (χ0v) is 59.6. The molecule has 0 saturated carbocycles. The Balaban J connectivity index is 0.000000369. The molecule has 0 fully saturated rings. The van der Waals surface area contributed by atoms with Crippen molar-refractivity contribution in [2.24, 2.45) is 0 Å². The lowest BCUT2D eigenvalue weighted by Gasteiger charge is -2.21. The molecule has 1 heterocycles. The second-order valence-corrected chi connectivity index (χ2v) is 19.9. The molecular weight excluding hydrogens is 1080 g/mol. The first-order chi connectivity index (χ1) is 44.3. The van der Waals surface area contributed by atoms with Gasteiger partial charge in [-0.3, -0.25) is 0 Å². The van der Waals surface area contributed by atoms with Crippen molar-refractivity contribution in [3.8, 4) is 39.1 Å². The summed E-state index contributed by atoms with van der Waals surface area (Å²) in [6.45, 7) is 45.3. The van der Waals surface area contributed by atoms with Crippen molar-refractivity contribution < 1.29 is 0 Å². The van der Waals surface area contributed by atoms with E-state index in [1.54, 1.807) is 0 Å². The molecule has 90 heavy (non-hydrogen) atoms. The summed E-state index contributed by atoms with van der Waals surface area (Å²) < 4.78 is 2.32. The average molecular weight is 1200 g/mol. The van der Waals surface area contributed by atoms with Gasteiger partial charge in [0.05, 0.1) is 11.0 Å². The summed E-state index contributed by atoms with van der Waals surface area (Å²) in [5.74, 6) is 0. The number of benzene rings is 11. The van der Waals surface area contributed by atoms with Crippen molar-refractivity contribution in [3.63, 3.8) is 0 Å². The van der Waals surface area contributed by atoms with Crippen LogP contribution < -0.4 is 0 Å². The van der Waals surface area contributed by atoms with E-state index in [0.717, 1.165) is 6.42 Å². The normalized spacial score (nSPS) is 11.1. The van der Waals surface area contributed by atoms with Crippen molar-refractivity contribution >= 4 is 32.6 Å². The molecule has 12 aromatic rings. The second kappa shape index (κ2) is 42.4. The minimum Gasteiger partial charge on any atom is -0.309 e. The van der Waals surface area contributed by atoms with E-state index in [-0.39, 0.29) is 10.8 Å². The highest BCUT2D eigenvalue weighted by Crippen LogP contribution is 2.51. The summed E-state index contributed by atoms with van der Waals surface area (Å²) in [4.78, 5) is 0. The first-order valence-electron chi connectivity index (χ1n) is 34.3. The smallest absolute Gasteiger partial charge is 0.0541 e. The average Bonchev–Trinajstić information content (AvgIpc) is 1.63. The van der Waals surface area contributed by atoms with Crippen molar-refractivity contribution in [1.82, 2.24) is 4.57 Å². The number of nitrogens with zero attached hydrogens (tertiary/aromatic N) is 1. The minimum absolute atomic E-state index is 0.107. The van der Waals surface area contributed by atoms with Gasteiger partial charge >= 0.3 is 0 Å². The van der Waals surface area contributed by atoms with Crippen LogP contribution >= 0.6 is 0 Å². The van der Waals surface area contributed by atoms with Gasteiger partial charge < -0.3 is 4.57 Å². The van der Waals surface area contributed by atoms with Crippen LogP contribution in [0.25, 0.3) is 71.6 Å². The van der Waals surface area contributed by atoms with E-state index < -0.39 is 0 Å². The van der Waals surface area contributed by atoms with E-state index in [0.29, 0.717) is 0 Å². The molecule has 0 amide bonds. The highest BCUT2D eigenvalue weighted by molar-refractivity contribution is 6.09. The maximum absolute atomic E-state index is 2.33. The van der Waals surface area contributed by atoms with Crippen LogP contribution in [0.2, 0.25) is 0 Å². The number of rotatable bonds is 1. The largest absolute Gasteiger partial charge is 0.309 e. The van der Waals surface area contributed by atoms with Crippen LogP contribution in [0.15, 0.2) is 273 Å². The lowest BCUT2D eigenvalue weighted by atomic mass is 9.82. The first-order valence-corrected chi connectivity index (χ1v) is 34.3. The summed E-state index contributed by atoms with van der Waals surface area (Å²) in [5.41, 5.74) is 21.2. The third-order valence-corrected chi connectivity index (χ3v) is 14.9. The topological polar surface area (TPSA) is 4.93 Å². The Kier molecular flexibility index (Phi) is 36.6. The fourth-order valence-electron chi connectivity index (χ4n) is 11.4. The van der Waals surface area contributed by atoms with E-state index >= 15 is 0 Å². The molecule has 0 N–H and O–H groups in total. The molecule has 474 valence electrons. The molecular formula is C89H113N. The van der Waals surface area contributed by atoms with Gasteiger partial charge in [-0.05, 0) is 108 Å². The number of aromatic nitrogens is 1. The molecule has 0 radical (unpaired) electrons. The zero-order valence-electron chi connectivity index (χ0n) is 59.6. The second-order valence-electron chi connectivity index (χ2n) is 19.9. The Morgan fingerprint density at radius 1 is 0.233 bits per heavy atom. The third kappa shape index (κ3) is 18.5. The molecule has 0 saturated heterocycles. The van der Waals surface area contributed by atoms with E-state index in [1.165, 1.54) is 105 Å². The van der Waals surface area contributed by atoms with Crippen molar-refractivity contribution in [1.29, 1.82) is 0 Å².